The van der Waals surface area contributed by atoms with Gasteiger partial charge in [0.05, 0.1) is 13.2 Å². The van der Waals surface area contributed by atoms with Gasteiger partial charge in [-0.1, -0.05) is 6.08 Å². The molecule has 0 saturated carbocycles. The number of ether oxygens (including phenoxy) is 1. The van der Waals surface area contributed by atoms with E-state index in [0.29, 0.717) is 6.42 Å². The highest BCUT2D eigenvalue weighted by atomic mass is 16.5. The Morgan fingerprint density at radius 2 is 2.60 bits per heavy atom. The van der Waals surface area contributed by atoms with Gasteiger partial charge in [0.2, 0.25) is 0 Å². The highest BCUT2D eigenvalue weighted by molar-refractivity contribution is 5.75. The fourth-order valence-corrected chi connectivity index (χ4v) is 0.511. The lowest BCUT2D eigenvalue weighted by atomic mass is 10.1. The summed E-state index contributed by atoms with van der Waals surface area (Å²) < 4.78 is 4.35. The van der Waals surface area contributed by atoms with Crippen LogP contribution in [0.25, 0.3) is 0 Å². The first kappa shape index (κ1) is 8.70. The number of allylic oxidation sites excluding steroid dienone is 1. The first-order valence-corrected chi connectivity index (χ1v) is 2.84. The monoisotopic (exact) mass is 139 g/mol. The normalized spacial score (nSPS) is 11.2. The lowest BCUT2D eigenvalue weighted by molar-refractivity contribution is -0.143. The molecule has 1 unspecified atom stereocenters. The van der Waals surface area contributed by atoms with E-state index in [9.17, 15) is 4.79 Å². The molecule has 0 fully saturated rings. The summed E-state index contributed by atoms with van der Waals surface area (Å²) in [4.78, 5) is 10.6. The van der Waals surface area contributed by atoms with Crippen LogP contribution < -0.4 is 0 Å². The predicted octanol–water partition coefficient (Wildman–Crippen LogP) is 0.875. The Balaban J connectivity index is 3.96. The molecule has 0 aliphatic rings. The first-order valence-electron chi connectivity index (χ1n) is 2.84. The summed E-state index contributed by atoms with van der Waals surface area (Å²) in [7, 11) is 1.26. The van der Waals surface area contributed by atoms with Gasteiger partial charge in [-0.15, -0.1) is 6.58 Å². The smallest absolute Gasteiger partial charge is 0.323 e. The van der Waals surface area contributed by atoms with Gasteiger partial charge in [0, 0.05) is 0 Å². The van der Waals surface area contributed by atoms with Gasteiger partial charge in [0.25, 0.3) is 0 Å². The molecule has 0 aromatic carbocycles. The van der Waals surface area contributed by atoms with Crippen LogP contribution in [0.4, 0.5) is 0 Å². The van der Waals surface area contributed by atoms with Crippen molar-refractivity contribution in [1.29, 1.82) is 5.26 Å². The molecule has 54 valence electrons. The Morgan fingerprint density at radius 3 is 2.90 bits per heavy atom. The minimum absolute atomic E-state index is 0.350. The van der Waals surface area contributed by atoms with E-state index < -0.39 is 11.9 Å². The minimum atomic E-state index is -0.692. The van der Waals surface area contributed by atoms with Gasteiger partial charge in [-0.2, -0.15) is 5.26 Å². The van der Waals surface area contributed by atoms with E-state index in [1.165, 1.54) is 13.2 Å². The van der Waals surface area contributed by atoms with Crippen LogP contribution in [0.3, 0.4) is 0 Å². The van der Waals surface area contributed by atoms with Crippen LogP contribution in [0.1, 0.15) is 6.42 Å². The summed E-state index contributed by atoms with van der Waals surface area (Å²) in [6.07, 6.45) is 1.87. The molecule has 0 amide bonds. The van der Waals surface area contributed by atoms with Crippen LogP contribution in [-0.4, -0.2) is 13.1 Å². The number of esters is 1. The third kappa shape index (κ3) is 2.31. The van der Waals surface area contributed by atoms with E-state index in [2.05, 4.69) is 11.3 Å². The number of carbonyl (C=O) groups excluding carboxylic acids is 1. The first-order chi connectivity index (χ1) is 4.76. The number of nitriles is 1. The fraction of sp³-hybridized carbons (Fsp3) is 0.429. The minimum Gasteiger partial charge on any atom is -0.468 e. The number of hydrogen-bond donors (Lipinski definition) is 0. The van der Waals surface area contributed by atoms with Crippen LogP contribution in [0.2, 0.25) is 0 Å². The molecular formula is C7H9NO2. The average Bonchev–Trinajstić information content (AvgIpc) is 1.99. The van der Waals surface area contributed by atoms with Gasteiger partial charge in [-0.25, -0.2) is 0 Å². The Morgan fingerprint density at radius 1 is 2.00 bits per heavy atom. The number of carbonyl (C=O) groups is 1. The van der Waals surface area contributed by atoms with E-state index in [-0.39, 0.29) is 0 Å². The summed E-state index contributed by atoms with van der Waals surface area (Å²) in [6, 6.07) is 1.81. The van der Waals surface area contributed by atoms with E-state index in [1.807, 2.05) is 6.07 Å². The molecule has 0 saturated heterocycles. The van der Waals surface area contributed by atoms with Crippen molar-refractivity contribution >= 4 is 5.97 Å². The molecule has 1 atom stereocenters. The van der Waals surface area contributed by atoms with Gasteiger partial charge in [0.15, 0.2) is 0 Å². The summed E-state index contributed by atoms with van der Waals surface area (Å²) in [5, 5.41) is 8.36. The highest BCUT2D eigenvalue weighted by Gasteiger charge is 2.15. The molecule has 0 rings (SSSR count). The Labute approximate surface area is 59.9 Å². The van der Waals surface area contributed by atoms with Crippen molar-refractivity contribution in [2.45, 2.75) is 6.42 Å². The Hall–Kier alpha value is -1.30. The second-order valence-corrected chi connectivity index (χ2v) is 1.73. The Bertz CT molecular complexity index is 169. The summed E-state index contributed by atoms with van der Waals surface area (Å²) in [6.45, 7) is 3.41. The van der Waals surface area contributed by atoms with Crippen LogP contribution in [0.5, 0.6) is 0 Å². The van der Waals surface area contributed by atoms with Crippen molar-refractivity contribution < 1.29 is 9.53 Å². The molecule has 0 bridgehead atoms. The second kappa shape index (κ2) is 4.57. The van der Waals surface area contributed by atoms with Crippen molar-refractivity contribution in [2.24, 2.45) is 5.92 Å². The third-order valence-corrected chi connectivity index (χ3v) is 1.04. The average molecular weight is 139 g/mol. The third-order valence-electron chi connectivity index (χ3n) is 1.04. The van der Waals surface area contributed by atoms with E-state index >= 15 is 0 Å². The Kier molecular flexibility index (Phi) is 3.97. The molecule has 10 heavy (non-hydrogen) atoms. The second-order valence-electron chi connectivity index (χ2n) is 1.73. The number of rotatable bonds is 3. The van der Waals surface area contributed by atoms with Crippen molar-refractivity contribution in [3.05, 3.63) is 12.7 Å². The summed E-state index contributed by atoms with van der Waals surface area (Å²) in [5.41, 5.74) is 0. The molecule has 0 radical (unpaired) electrons. The number of methoxy groups -OCH3 is 1. The molecule has 3 nitrogen and oxygen atoms in total. The maximum absolute atomic E-state index is 10.6. The molecule has 0 spiro atoms. The molecule has 0 aromatic rings. The zero-order chi connectivity index (χ0) is 7.98. The van der Waals surface area contributed by atoms with Crippen LogP contribution in [-0.2, 0) is 9.53 Å². The van der Waals surface area contributed by atoms with Gasteiger partial charge in [0.1, 0.15) is 5.92 Å². The standard InChI is InChI=1S/C7H9NO2/c1-3-4-6(5-8)7(9)10-2/h3,6H,1,4H2,2H3. The molecule has 0 aliphatic carbocycles. The lowest BCUT2D eigenvalue weighted by Gasteiger charge is -2.01. The molecule has 0 heterocycles. The molecule has 3 heteroatoms. The van der Waals surface area contributed by atoms with Crippen LogP contribution >= 0.6 is 0 Å². The topological polar surface area (TPSA) is 50.1 Å². The largest absolute Gasteiger partial charge is 0.468 e. The molecule has 0 N–H and O–H groups in total. The van der Waals surface area contributed by atoms with Crippen LogP contribution in [0.15, 0.2) is 12.7 Å². The quantitative estimate of drug-likeness (QED) is 0.430. The maximum atomic E-state index is 10.6. The molecular weight excluding hydrogens is 130 g/mol. The number of nitrogens with zero attached hydrogens (tertiary/aromatic N) is 1. The van der Waals surface area contributed by atoms with Crippen molar-refractivity contribution in [1.82, 2.24) is 0 Å². The van der Waals surface area contributed by atoms with Crippen molar-refractivity contribution in [3.63, 3.8) is 0 Å². The summed E-state index contributed by atoms with van der Waals surface area (Å²) in [5.74, 6) is -1.19. The predicted molar refractivity (Wildman–Crippen MR) is 35.9 cm³/mol. The van der Waals surface area contributed by atoms with Gasteiger partial charge >= 0.3 is 5.97 Å². The van der Waals surface area contributed by atoms with Gasteiger partial charge < -0.3 is 4.74 Å². The van der Waals surface area contributed by atoms with E-state index in [0.717, 1.165) is 0 Å². The fourth-order valence-electron chi connectivity index (χ4n) is 0.511. The molecule has 0 aliphatic heterocycles. The van der Waals surface area contributed by atoms with Gasteiger partial charge in [-0.3, -0.25) is 4.79 Å². The SMILES string of the molecule is C=CCC(C#N)C(=O)OC. The zero-order valence-corrected chi connectivity index (χ0v) is 5.83. The molecule has 0 aromatic heterocycles. The lowest BCUT2D eigenvalue weighted by Crippen LogP contribution is -2.13. The highest BCUT2D eigenvalue weighted by Crippen LogP contribution is 2.03. The summed E-state index contributed by atoms with van der Waals surface area (Å²) >= 11 is 0. The zero-order valence-electron chi connectivity index (χ0n) is 5.83. The van der Waals surface area contributed by atoms with Crippen LogP contribution in [0, 0.1) is 17.2 Å². The maximum Gasteiger partial charge on any atom is 0.323 e. The van der Waals surface area contributed by atoms with Crippen molar-refractivity contribution in [3.8, 4) is 6.07 Å². The van der Waals surface area contributed by atoms with Crippen molar-refractivity contribution in [2.75, 3.05) is 7.11 Å². The van der Waals surface area contributed by atoms with E-state index in [4.69, 9.17) is 5.26 Å². The van der Waals surface area contributed by atoms with E-state index in [1.54, 1.807) is 0 Å². The van der Waals surface area contributed by atoms with Gasteiger partial charge in [-0.05, 0) is 6.42 Å². The number of hydrogen-bond acceptors (Lipinski definition) is 3.